The summed E-state index contributed by atoms with van der Waals surface area (Å²) in [5.41, 5.74) is 7.06. The van der Waals surface area contributed by atoms with E-state index < -0.39 is 9.84 Å². The van der Waals surface area contributed by atoms with E-state index in [1.54, 1.807) is 23.9 Å². The lowest BCUT2D eigenvalue weighted by Gasteiger charge is -2.13. The van der Waals surface area contributed by atoms with E-state index in [1.807, 2.05) is 37.3 Å². The van der Waals surface area contributed by atoms with Crippen LogP contribution >= 0.6 is 27.7 Å². The zero-order valence-electron chi connectivity index (χ0n) is 11.7. The second-order valence-corrected chi connectivity index (χ2v) is 8.86. The van der Waals surface area contributed by atoms with Crippen LogP contribution in [0.5, 0.6) is 0 Å². The topological polar surface area (TPSA) is 60.2 Å². The molecule has 0 heterocycles. The fourth-order valence-electron chi connectivity index (χ4n) is 1.85. The Balaban J connectivity index is 2.30. The lowest BCUT2D eigenvalue weighted by Crippen LogP contribution is -2.06. The van der Waals surface area contributed by atoms with Crippen LogP contribution in [-0.2, 0) is 9.84 Å². The molecule has 0 aliphatic carbocycles. The first-order valence-corrected chi connectivity index (χ1v) is 9.80. The quantitative estimate of drug-likeness (QED) is 0.862. The summed E-state index contributed by atoms with van der Waals surface area (Å²) < 4.78 is 23.9. The van der Waals surface area contributed by atoms with E-state index in [0.29, 0.717) is 4.90 Å². The summed E-state index contributed by atoms with van der Waals surface area (Å²) in [5.74, 6) is 0. The van der Waals surface area contributed by atoms with Gasteiger partial charge in [-0.2, -0.15) is 0 Å². The highest BCUT2D eigenvalue weighted by Crippen LogP contribution is 2.34. The van der Waals surface area contributed by atoms with Crippen molar-refractivity contribution in [2.45, 2.75) is 27.7 Å². The van der Waals surface area contributed by atoms with E-state index in [2.05, 4.69) is 15.9 Å². The van der Waals surface area contributed by atoms with Gasteiger partial charge >= 0.3 is 0 Å². The molecule has 1 atom stereocenters. The Labute approximate surface area is 138 Å². The van der Waals surface area contributed by atoms with Gasteiger partial charge < -0.3 is 5.73 Å². The van der Waals surface area contributed by atoms with Crippen molar-refractivity contribution in [3.63, 3.8) is 0 Å². The summed E-state index contributed by atoms with van der Waals surface area (Å²) in [6.45, 7) is 1.94. The van der Waals surface area contributed by atoms with Crippen LogP contribution in [0.4, 0.5) is 0 Å². The molecule has 0 aliphatic heterocycles. The minimum Gasteiger partial charge on any atom is -0.324 e. The molecule has 0 fully saturated rings. The lowest BCUT2D eigenvalue weighted by atomic mass is 10.1. The number of halogens is 1. The smallest absolute Gasteiger partial charge is 0.175 e. The monoisotopic (exact) mass is 385 g/mol. The molecule has 0 radical (unpaired) electrons. The van der Waals surface area contributed by atoms with Gasteiger partial charge in [-0.3, -0.25) is 0 Å². The van der Waals surface area contributed by atoms with Crippen molar-refractivity contribution < 1.29 is 8.42 Å². The molecule has 0 aliphatic rings. The van der Waals surface area contributed by atoms with Crippen LogP contribution in [0.15, 0.2) is 61.6 Å². The standard InChI is InChI=1S/C15H16BrNO2S2/c1-10(17)14-9-11(16)3-8-15(14)20-12-4-6-13(7-5-12)21(2,18)19/h3-10H,17H2,1-2H3. The third kappa shape index (κ3) is 4.32. The Kier molecular flexibility index (Phi) is 5.14. The summed E-state index contributed by atoms with van der Waals surface area (Å²) in [6.07, 6.45) is 1.21. The number of nitrogens with two attached hydrogens (primary N) is 1. The molecule has 21 heavy (non-hydrogen) atoms. The van der Waals surface area contributed by atoms with Crippen LogP contribution in [0.3, 0.4) is 0 Å². The molecule has 0 bridgehead atoms. The van der Waals surface area contributed by atoms with Gasteiger partial charge in [0, 0.05) is 26.6 Å². The average Bonchev–Trinajstić information content (AvgIpc) is 2.40. The molecule has 112 valence electrons. The van der Waals surface area contributed by atoms with Crippen molar-refractivity contribution >= 4 is 37.5 Å². The van der Waals surface area contributed by atoms with Crippen molar-refractivity contribution in [1.29, 1.82) is 0 Å². The van der Waals surface area contributed by atoms with Crippen molar-refractivity contribution in [3.8, 4) is 0 Å². The number of benzene rings is 2. The fraction of sp³-hybridized carbons (Fsp3) is 0.200. The third-order valence-electron chi connectivity index (χ3n) is 2.94. The predicted octanol–water partition coefficient (Wildman–Crippen LogP) is 4.02. The predicted molar refractivity (Wildman–Crippen MR) is 90.4 cm³/mol. The Bertz CT molecular complexity index is 741. The maximum absolute atomic E-state index is 11.5. The summed E-state index contributed by atoms with van der Waals surface area (Å²) in [7, 11) is -3.16. The molecule has 1 unspecified atom stereocenters. The fourth-order valence-corrected chi connectivity index (χ4v) is 3.88. The molecule has 2 rings (SSSR count). The van der Waals surface area contributed by atoms with E-state index in [4.69, 9.17) is 5.73 Å². The second-order valence-electron chi connectivity index (χ2n) is 4.82. The van der Waals surface area contributed by atoms with Gasteiger partial charge in [0.1, 0.15) is 0 Å². The second kappa shape index (κ2) is 6.52. The Morgan fingerprint density at radius 3 is 2.29 bits per heavy atom. The third-order valence-corrected chi connectivity index (χ3v) is 5.66. The molecule has 0 amide bonds. The van der Waals surface area contributed by atoms with Crippen molar-refractivity contribution in [1.82, 2.24) is 0 Å². The van der Waals surface area contributed by atoms with Crippen LogP contribution < -0.4 is 5.73 Å². The molecule has 2 aromatic rings. The molecule has 0 saturated heterocycles. The van der Waals surface area contributed by atoms with Gasteiger partial charge in [-0.05, 0) is 55.0 Å². The molecule has 0 spiro atoms. The Morgan fingerprint density at radius 1 is 1.14 bits per heavy atom. The molecule has 3 nitrogen and oxygen atoms in total. The number of rotatable bonds is 4. The number of sulfone groups is 1. The van der Waals surface area contributed by atoms with Crippen LogP contribution in [0.25, 0.3) is 0 Å². The van der Waals surface area contributed by atoms with E-state index >= 15 is 0 Å². The first-order valence-electron chi connectivity index (χ1n) is 6.30. The van der Waals surface area contributed by atoms with Gasteiger partial charge in [0.05, 0.1) is 4.90 Å². The Morgan fingerprint density at radius 2 is 1.76 bits per heavy atom. The average molecular weight is 386 g/mol. The first-order chi connectivity index (χ1) is 9.77. The van der Waals surface area contributed by atoms with Crippen LogP contribution in [0.2, 0.25) is 0 Å². The molecule has 0 saturated carbocycles. The van der Waals surface area contributed by atoms with Crippen LogP contribution in [-0.4, -0.2) is 14.7 Å². The van der Waals surface area contributed by atoms with Gasteiger partial charge in [-0.25, -0.2) is 8.42 Å². The van der Waals surface area contributed by atoms with Crippen LogP contribution in [0, 0.1) is 0 Å². The molecule has 0 aromatic heterocycles. The SMILES string of the molecule is CC(N)c1cc(Br)ccc1Sc1ccc(S(C)(=O)=O)cc1. The molecule has 2 aromatic carbocycles. The molecule has 6 heteroatoms. The lowest BCUT2D eigenvalue weighted by molar-refractivity contribution is 0.602. The molecular weight excluding hydrogens is 370 g/mol. The van der Waals surface area contributed by atoms with E-state index in [1.165, 1.54) is 6.26 Å². The maximum Gasteiger partial charge on any atom is 0.175 e. The zero-order valence-corrected chi connectivity index (χ0v) is 14.9. The highest BCUT2D eigenvalue weighted by molar-refractivity contribution is 9.10. The maximum atomic E-state index is 11.5. The largest absolute Gasteiger partial charge is 0.324 e. The van der Waals surface area contributed by atoms with E-state index in [-0.39, 0.29) is 6.04 Å². The van der Waals surface area contributed by atoms with Gasteiger partial charge in [-0.15, -0.1) is 0 Å². The number of hydrogen-bond donors (Lipinski definition) is 1. The molecule has 2 N–H and O–H groups in total. The van der Waals surface area contributed by atoms with Crippen molar-refractivity contribution in [2.24, 2.45) is 5.73 Å². The van der Waals surface area contributed by atoms with E-state index in [9.17, 15) is 8.42 Å². The van der Waals surface area contributed by atoms with E-state index in [0.717, 1.165) is 19.8 Å². The van der Waals surface area contributed by atoms with Gasteiger partial charge in [0.15, 0.2) is 9.84 Å². The van der Waals surface area contributed by atoms with Gasteiger partial charge in [0.25, 0.3) is 0 Å². The van der Waals surface area contributed by atoms with Crippen molar-refractivity contribution in [2.75, 3.05) is 6.26 Å². The van der Waals surface area contributed by atoms with Crippen molar-refractivity contribution in [3.05, 3.63) is 52.5 Å². The van der Waals surface area contributed by atoms with Gasteiger partial charge in [-0.1, -0.05) is 27.7 Å². The first kappa shape index (κ1) is 16.5. The number of hydrogen-bond acceptors (Lipinski definition) is 4. The molecular formula is C15H16BrNO2S2. The summed E-state index contributed by atoms with van der Waals surface area (Å²) in [5, 5.41) is 0. The summed E-state index contributed by atoms with van der Waals surface area (Å²) in [6, 6.07) is 12.8. The minimum absolute atomic E-state index is 0.0692. The van der Waals surface area contributed by atoms with Crippen LogP contribution in [0.1, 0.15) is 18.5 Å². The summed E-state index contributed by atoms with van der Waals surface area (Å²) >= 11 is 5.02. The minimum atomic E-state index is -3.16. The highest BCUT2D eigenvalue weighted by Gasteiger charge is 2.10. The Hall–Kier alpha value is -0.820. The van der Waals surface area contributed by atoms with Gasteiger partial charge in [0.2, 0.25) is 0 Å². The summed E-state index contributed by atoms with van der Waals surface area (Å²) in [4.78, 5) is 2.38. The zero-order chi connectivity index (χ0) is 15.6. The highest BCUT2D eigenvalue weighted by atomic mass is 79.9. The normalized spacial score (nSPS) is 13.1.